The average Bonchev–Trinajstić information content (AvgIpc) is 2.62. The van der Waals surface area contributed by atoms with E-state index in [2.05, 4.69) is 10.6 Å². The van der Waals surface area contributed by atoms with Gasteiger partial charge in [-0.15, -0.1) is 0 Å². The molecule has 0 saturated carbocycles. The summed E-state index contributed by atoms with van der Waals surface area (Å²) in [6.45, 7) is 0. The molecule has 25 heavy (non-hydrogen) atoms. The molecule has 0 aliphatic heterocycles. The second-order valence-electron chi connectivity index (χ2n) is 5.25. The van der Waals surface area contributed by atoms with Gasteiger partial charge in [-0.2, -0.15) is 0 Å². The van der Waals surface area contributed by atoms with Crippen molar-refractivity contribution in [2.24, 2.45) is 0 Å². The van der Waals surface area contributed by atoms with Crippen molar-refractivity contribution in [3.05, 3.63) is 70.8 Å². The van der Waals surface area contributed by atoms with Crippen LogP contribution in [0.4, 0.5) is 17.1 Å². The van der Waals surface area contributed by atoms with Gasteiger partial charge in [0.15, 0.2) is 5.11 Å². The van der Waals surface area contributed by atoms with Crippen LogP contribution in [-0.4, -0.2) is 17.1 Å². The van der Waals surface area contributed by atoms with Crippen LogP contribution in [-0.2, 0) is 0 Å². The number of non-ortho nitro benzene ring substituents is 1. The van der Waals surface area contributed by atoms with Crippen molar-refractivity contribution in [2.45, 2.75) is 0 Å². The number of hydrogen-bond acceptors (Lipinski definition) is 4. The van der Waals surface area contributed by atoms with Gasteiger partial charge in [0.1, 0.15) is 5.75 Å². The molecule has 0 saturated heterocycles. The maximum absolute atomic E-state index is 11.0. The number of rotatable bonds is 4. The minimum atomic E-state index is -0.466. The van der Waals surface area contributed by atoms with Crippen molar-refractivity contribution in [2.75, 3.05) is 17.7 Å². The summed E-state index contributed by atoms with van der Waals surface area (Å²) >= 11 is 5.35. The van der Waals surface area contributed by atoms with E-state index >= 15 is 0 Å². The molecule has 0 bridgehead atoms. The van der Waals surface area contributed by atoms with Gasteiger partial charge >= 0.3 is 0 Å². The Labute approximate surface area is 149 Å². The Morgan fingerprint density at radius 3 is 2.52 bits per heavy atom. The molecule has 0 spiro atoms. The van der Waals surface area contributed by atoms with Crippen LogP contribution in [0.5, 0.6) is 5.75 Å². The van der Waals surface area contributed by atoms with Gasteiger partial charge in [0.2, 0.25) is 0 Å². The van der Waals surface area contributed by atoms with E-state index in [9.17, 15) is 10.1 Å². The molecule has 3 rings (SSSR count). The Hall–Kier alpha value is -3.19. The van der Waals surface area contributed by atoms with Gasteiger partial charge in [-0.05, 0) is 29.7 Å². The fourth-order valence-electron chi connectivity index (χ4n) is 2.52. The highest BCUT2D eigenvalue weighted by molar-refractivity contribution is 7.80. The summed E-state index contributed by atoms with van der Waals surface area (Å²) in [4.78, 5) is 10.5. The molecular weight excluding hydrogens is 338 g/mol. The van der Waals surface area contributed by atoms with Crippen LogP contribution in [0.25, 0.3) is 10.8 Å². The zero-order valence-corrected chi connectivity index (χ0v) is 14.2. The maximum Gasteiger partial charge on any atom is 0.271 e. The lowest BCUT2D eigenvalue weighted by Gasteiger charge is -2.14. The first kappa shape index (κ1) is 16.7. The summed E-state index contributed by atoms with van der Waals surface area (Å²) in [5.74, 6) is 0.465. The Kier molecular flexibility index (Phi) is 4.76. The molecule has 6 nitrogen and oxygen atoms in total. The number of anilines is 2. The van der Waals surface area contributed by atoms with Crippen LogP contribution >= 0.6 is 12.2 Å². The van der Waals surface area contributed by atoms with Gasteiger partial charge in [0.05, 0.1) is 17.7 Å². The van der Waals surface area contributed by atoms with Crippen LogP contribution in [0.2, 0.25) is 0 Å². The number of nitro groups is 1. The number of thiocarbonyl (C=S) groups is 1. The lowest BCUT2D eigenvalue weighted by Crippen LogP contribution is -2.19. The van der Waals surface area contributed by atoms with E-state index in [1.165, 1.54) is 25.3 Å². The molecular formula is C18H15N3O3S. The summed E-state index contributed by atoms with van der Waals surface area (Å²) in [7, 11) is 1.49. The second kappa shape index (κ2) is 7.14. The third-order valence-corrected chi connectivity index (χ3v) is 3.88. The van der Waals surface area contributed by atoms with E-state index < -0.39 is 4.92 Å². The predicted octanol–water partition coefficient (Wildman–Crippen LogP) is 4.57. The quantitative estimate of drug-likeness (QED) is 0.407. The SMILES string of the molecule is COc1ccc([N+](=O)[O-])cc1NC(=S)Nc1cccc2ccccc12. The Morgan fingerprint density at radius 1 is 1.04 bits per heavy atom. The average molecular weight is 353 g/mol. The van der Waals surface area contributed by atoms with Gasteiger partial charge < -0.3 is 15.4 Å². The Bertz CT molecular complexity index is 954. The molecule has 3 aromatic carbocycles. The molecule has 0 atom stereocenters. The summed E-state index contributed by atoms with van der Waals surface area (Å²) in [5.41, 5.74) is 1.23. The van der Waals surface area contributed by atoms with Crippen molar-refractivity contribution in [3.8, 4) is 5.75 Å². The molecule has 0 aromatic heterocycles. The third-order valence-electron chi connectivity index (χ3n) is 3.68. The van der Waals surface area contributed by atoms with Gasteiger partial charge in [0, 0.05) is 23.2 Å². The molecule has 2 N–H and O–H groups in total. The van der Waals surface area contributed by atoms with Crippen LogP contribution < -0.4 is 15.4 Å². The zero-order chi connectivity index (χ0) is 17.8. The molecule has 0 heterocycles. The van der Waals surface area contributed by atoms with Crippen molar-refractivity contribution in [1.29, 1.82) is 0 Å². The smallest absolute Gasteiger partial charge is 0.271 e. The van der Waals surface area contributed by atoms with E-state index in [0.717, 1.165) is 16.5 Å². The van der Waals surface area contributed by atoms with E-state index in [1.54, 1.807) is 0 Å². The lowest BCUT2D eigenvalue weighted by atomic mass is 10.1. The molecule has 0 amide bonds. The van der Waals surface area contributed by atoms with Crippen LogP contribution in [0.15, 0.2) is 60.7 Å². The van der Waals surface area contributed by atoms with Crippen molar-refractivity contribution in [1.82, 2.24) is 0 Å². The van der Waals surface area contributed by atoms with Crippen molar-refractivity contribution >= 4 is 45.2 Å². The summed E-state index contributed by atoms with van der Waals surface area (Å²) in [5, 5.41) is 19.5. The number of hydrogen-bond donors (Lipinski definition) is 2. The maximum atomic E-state index is 11.0. The summed E-state index contributed by atoms with van der Waals surface area (Å²) < 4.78 is 5.23. The van der Waals surface area contributed by atoms with Crippen LogP contribution in [0.1, 0.15) is 0 Å². The number of ether oxygens (including phenoxy) is 1. The fourth-order valence-corrected chi connectivity index (χ4v) is 2.74. The molecule has 126 valence electrons. The molecule has 3 aromatic rings. The standard InChI is InChI=1S/C18H15N3O3S/c1-24-17-10-9-13(21(22)23)11-16(17)20-18(25)19-15-8-4-6-12-5-2-3-7-14(12)15/h2-11H,1H3,(H2,19,20,25). The summed E-state index contributed by atoms with van der Waals surface area (Å²) in [6.07, 6.45) is 0. The van der Waals surface area contributed by atoms with Crippen molar-refractivity contribution in [3.63, 3.8) is 0 Å². The molecule has 7 heteroatoms. The molecule has 0 unspecified atom stereocenters. The number of nitrogens with zero attached hydrogens (tertiary/aromatic N) is 1. The highest BCUT2D eigenvalue weighted by Crippen LogP contribution is 2.29. The third kappa shape index (κ3) is 3.67. The topological polar surface area (TPSA) is 76.4 Å². The summed E-state index contributed by atoms with van der Waals surface area (Å²) in [6, 6.07) is 18.1. The Morgan fingerprint density at radius 2 is 1.76 bits per heavy atom. The minimum Gasteiger partial charge on any atom is -0.495 e. The molecule has 0 fully saturated rings. The zero-order valence-electron chi connectivity index (χ0n) is 13.4. The Balaban J connectivity index is 1.85. The second-order valence-corrected chi connectivity index (χ2v) is 5.66. The van der Waals surface area contributed by atoms with Crippen LogP contribution in [0.3, 0.4) is 0 Å². The number of nitrogens with one attached hydrogen (secondary N) is 2. The van der Waals surface area contributed by atoms with E-state index in [-0.39, 0.29) is 5.69 Å². The predicted molar refractivity (Wildman–Crippen MR) is 103 cm³/mol. The largest absolute Gasteiger partial charge is 0.495 e. The molecule has 0 aliphatic carbocycles. The highest BCUT2D eigenvalue weighted by atomic mass is 32.1. The van der Waals surface area contributed by atoms with E-state index in [1.807, 2.05) is 42.5 Å². The number of fused-ring (bicyclic) bond motifs is 1. The lowest BCUT2D eigenvalue weighted by molar-refractivity contribution is -0.384. The van der Waals surface area contributed by atoms with Gasteiger partial charge in [-0.1, -0.05) is 36.4 Å². The van der Waals surface area contributed by atoms with Crippen LogP contribution in [0, 0.1) is 10.1 Å². The number of benzene rings is 3. The van der Waals surface area contributed by atoms with Gasteiger partial charge in [-0.25, -0.2) is 0 Å². The molecule has 0 aliphatic rings. The van der Waals surface area contributed by atoms with Crippen molar-refractivity contribution < 1.29 is 9.66 Å². The normalized spacial score (nSPS) is 10.3. The highest BCUT2D eigenvalue weighted by Gasteiger charge is 2.13. The first-order chi connectivity index (χ1) is 12.1. The van der Waals surface area contributed by atoms with Gasteiger partial charge in [0.25, 0.3) is 5.69 Å². The van der Waals surface area contributed by atoms with Gasteiger partial charge in [-0.3, -0.25) is 10.1 Å². The van der Waals surface area contributed by atoms with E-state index in [0.29, 0.717) is 16.5 Å². The monoisotopic (exact) mass is 353 g/mol. The molecule has 0 radical (unpaired) electrons. The van der Waals surface area contributed by atoms with E-state index in [4.69, 9.17) is 17.0 Å². The number of nitro benzene ring substituents is 1. The first-order valence-corrected chi connectivity index (χ1v) is 7.87. The fraction of sp³-hybridized carbons (Fsp3) is 0.0556. The number of methoxy groups -OCH3 is 1. The first-order valence-electron chi connectivity index (χ1n) is 7.46. The minimum absolute atomic E-state index is 0.0451.